The van der Waals surface area contributed by atoms with Gasteiger partial charge in [0.1, 0.15) is 0 Å². The lowest BCUT2D eigenvalue weighted by atomic mass is 9.98. The fourth-order valence-electron chi connectivity index (χ4n) is 3.21. The Balaban J connectivity index is 1.34. The number of H-pyrrole nitrogens is 1. The van der Waals surface area contributed by atoms with Crippen LogP contribution in [0.3, 0.4) is 0 Å². The minimum atomic E-state index is 0.535. The van der Waals surface area contributed by atoms with E-state index in [1.165, 1.54) is 48.6 Å². The first-order chi connectivity index (χ1) is 10.4. The van der Waals surface area contributed by atoms with Crippen molar-refractivity contribution in [3.05, 3.63) is 36.0 Å². The first kappa shape index (κ1) is 14.6. The molecule has 0 saturated heterocycles. The molecule has 0 aliphatic heterocycles. The van der Waals surface area contributed by atoms with E-state index in [9.17, 15) is 0 Å². The largest absolute Gasteiger partial charge is 0.378 e. The van der Waals surface area contributed by atoms with Gasteiger partial charge in [0, 0.05) is 30.3 Å². The summed E-state index contributed by atoms with van der Waals surface area (Å²) in [5.74, 6) is 0. The van der Waals surface area contributed by atoms with Gasteiger partial charge in [-0.3, -0.25) is 0 Å². The van der Waals surface area contributed by atoms with E-state index in [1.807, 2.05) is 6.20 Å². The van der Waals surface area contributed by atoms with Crippen LogP contribution >= 0.6 is 0 Å². The van der Waals surface area contributed by atoms with Gasteiger partial charge in [-0.15, -0.1) is 0 Å². The maximum Gasteiger partial charge on any atom is 0.0575 e. The highest BCUT2D eigenvalue weighted by Gasteiger charge is 2.12. The smallest absolute Gasteiger partial charge is 0.0575 e. The minimum absolute atomic E-state index is 0.535. The van der Waals surface area contributed by atoms with Crippen molar-refractivity contribution in [3.8, 4) is 0 Å². The second-order valence-corrected chi connectivity index (χ2v) is 6.02. The summed E-state index contributed by atoms with van der Waals surface area (Å²) in [6.45, 7) is 2.85. The molecule has 0 bridgehead atoms. The number of hydrogen-bond donors (Lipinski definition) is 2. The Morgan fingerprint density at radius 3 is 2.95 bits per heavy atom. The maximum atomic E-state index is 5.95. The lowest BCUT2D eigenvalue weighted by Gasteiger charge is -2.21. The van der Waals surface area contributed by atoms with Gasteiger partial charge in [0.15, 0.2) is 0 Å². The molecule has 114 valence electrons. The molecular weight excluding hydrogens is 260 g/mol. The van der Waals surface area contributed by atoms with Gasteiger partial charge in [0.25, 0.3) is 0 Å². The van der Waals surface area contributed by atoms with Crippen molar-refractivity contribution < 1.29 is 4.74 Å². The lowest BCUT2D eigenvalue weighted by Crippen LogP contribution is -2.20. The molecule has 1 aromatic heterocycles. The number of rotatable bonds is 7. The molecule has 1 aromatic carbocycles. The fraction of sp³-hybridized carbons (Fsp3) is 0.556. The van der Waals surface area contributed by atoms with Gasteiger partial charge in [-0.2, -0.15) is 0 Å². The predicted octanol–water partition coefficient (Wildman–Crippen LogP) is 4.00. The quantitative estimate of drug-likeness (QED) is 0.755. The van der Waals surface area contributed by atoms with Gasteiger partial charge in [0.2, 0.25) is 0 Å². The average Bonchev–Trinajstić information content (AvgIpc) is 3.01. The van der Waals surface area contributed by atoms with Crippen molar-refractivity contribution in [2.24, 2.45) is 0 Å². The number of nitrogens with one attached hydrogen (secondary N) is 2. The van der Waals surface area contributed by atoms with Crippen LogP contribution in [0.25, 0.3) is 10.9 Å². The minimum Gasteiger partial charge on any atom is -0.378 e. The summed E-state index contributed by atoms with van der Waals surface area (Å²) < 4.78 is 5.95. The molecule has 21 heavy (non-hydrogen) atoms. The molecule has 1 aliphatic carbocycles. The Bertz CT molecular complexity index is 543. The topological polar surface area (TPSA) is 37.0 Å². The van der Waals surface area contributed by atoms with Crippen LogP contribution in [-0.4, -0.2) is 24.2 Å². The molecule has 2 N–H and O–H groups in total. The van der Waals surface area contributed by atoms with Crippen LogP contribution in [0.2, 0.25) is 0 Å². The second-order valence-electron chi connectivity index (χ2n) is 6.02. The van der Waals surface area contributed by atoms with E-state index in [0.717, 1.165) is 26.1 Å². The first-order valence-corrected chi connectivity index (χ1v) is 8.31. The molecule has 1 heterocycles. The predicted molar refractivity (Wildman–Crippen MR) is 87.4 cm³/mol. The van der Waals surface area contributed by atoms with Crippen LogP contribution in [0.4, 0.5) is 0 Å². The van der Waals surface area contributed by atoms with E-state index in [1.54, 1.807) is 0 Å². The van der Waals surface area contributed by atoms with Crippen LogP contribution in [-0.2, 0) is 11.3 Å². The van der Waals surface area contributed by atoms with Crippen LogP contribution in [0, 0.1) is 0 Å². The molecule has 0 spiro atoms. The van der Waals surface area contributed by atoms with E-state index >= 15 is 0 Å². The van der Waals surface area contributed by atoms with Crippen molar-refractivity contribution in [1.82, 2.24) is 10.3 Å². The molecular formula is C18H26N2O. The number of fused-ring (bicyclic) bond motifs is 1. The Labute approximate surface area is 127 Å². The molecule has 0 radical (unpaired) electrons. The van der Waals surface area contributed by atoms with Gasteiger partial charge >= 0.3 is 0 Å². The third kappa shape index (κ3) is 4.08. The fourth-order valence-corrected chi connectivity index (χ4v) is 3.21. The zero-order chi connectivity index (χ0) is 14.3. The highest BCUT2D eigenvalue weighted by molar-refractivity contribution is 5.82. The van der Waals surface area contributed by atoms with E-state index in [-0.39, 0.29) is 0 Å². The Hall–Kier alpha value is -1.32. The van der Waals surface area contributed by atoms with Crippen LogP contribution in [0.5, 0.6) is 0 Å². The number of benzene rings is 1. The Morgan fingerprint density at radius 2 is 2.05 bits per heavy atom. The summed E-state index contributed by atoms with van der Waals surface area (Å²) >= 11 is 0. The molecule has 1 saturated carbocycles. The van der Waals surface area contributed by atoms with Crippen LogP contribution in [0.15, 0.2) is 30.5 Å². The van der Waals surface area contributed by atoms with Gasteiger partial charge in [-0.25, -0.2) is 0 Å². The summed E-state index contributed by atoms with van der Waals surface area (Å²) in [6, 6.07) is 8.58. The van der Waals surface area contributed by atoms with Crippen molar-refractivity contribution in [1.29, 1.82) is 0 Å². The zero-order valence-electron chi connectivity index (χ0n) is 12.7. The zero-order valence-corrected chi connectivity index (χ0v) is 12.7. The van der Waals surface area contributed by atoms with E-state index < -0.39 is 0 Å². The highest BCUT2D eigenvalue weighted by atomic mass is 16.5. The molecule has 0 amide bonds. The SMILES string of the molecule is c1cc(CNCCCOC2CCCCC2)c2cc[nH]c2c1. The monoisotopic (exact) mass is 286 g/mol. The summed E-state index contributed by atoms with van der Waals surface area (Å²) in [5.41, 5.74) is 2.58. The second kappa shape index (κ2) is 7.62. The van der Waals surface area contributed by atoms with Crippen molar-refractivity contribution in [2.75, 3.05) is 13.2 Å². The molecule has 1 aliphatic rings. The number of ether oxygens (including phenoxy) is 1. The van der Waals surface area contributed by atoms with Gasteiger partial charge in [0.05, 0.1) is 6.10 Å². The maximum absolute atomic E-state index is 5.95. The first-order valence-electron chi connectivity index (χ1n) is 8.31. The highest BCUT2D eigenvalue weighted by Crippen LogP contribution is 2.20. The molecule has 0 atom stereocenters. The van der Waals surface area contributed by atoms with E-state index in [4.69, 9.17) is 4.74 Å². The van der Waals surface area contributed by atoms with Gasteiger partial charge in [-0.05, 0) is 43.5 Å². The van der Waals surface area contributed by atoms with E-state index in [0.29, 0.717) is 6.10 Å². The third-order valence-corrected chi connectivity index (χ3v) is 4.40. The molecule has 3 nitrogen and oxygen atoms in total. The average molecular weight is 286 g/mol. The normalized spacial score (nSPS) is 16.6. The van der Waals surface area contributed by atoms with Crippen LogP contribution < -0.4 is 5.32 Å². The van der Waals surface area contributed by atoms with Crippen molar-refractivity contribution in [3.63, 3.8) is 0 Å². The number of aromatic nitrogens is 1. The summed E-state index contributed by atoms with van der Waals surface area (Å²) in [4.78, 5) is 3.26. The number of hydrogen-bond acceptors (Lipinski definition) is 2. The third-order valence-electron chi connectivity index (χ3n) is 4.40. The molecule has 2 aromatic rings. The lowest BCUT2D eigenvalue weighted by molar-refractivity contribution is 0.0273. The standard InChI is InChI=1S/C18H26N2O/c1-2-7-16(8-3-1)21-13-5-11-19-14-15-6-4-9-18-17(15)10-12-20-18/h4,6,9-10,12,16,19-20H,1-3,5,7-8,11,13-14H2. The molecule has 3 heteroatoms. The Morgan fingerprint density at radius 1 is 1.14 bits per heavy atom. The summed E-state index contributed by atoms with van der Waals surface area (Å²) in [7, 11) is 0. The molecule has 3 rings (SSSR count). The summed E-state index contributed by atoms with van der Waals surface area (Å²) in [5, 5.41) is 4.85. The van der Waals surface area contributed by atoms with Gasteiger partial charge in [-0.1, -0.05) is 31.4 Å². The molecule has 1 fully saturated rings. The van der Waals surface area contributed by atoms with Crippen LogP contribution in [0.1, 0.15) is 44.1 Å². The van der Waals surface area contributed by atoms with E-state index in [2.05, 4.69) is 34.6 Å². The van der Waals surface area contributed by atoms with Crippen molar-refractivity contribution in [2.45, 2.75) is 51.2 Å². The Kier molecular flexibility index (Phi) is 5.30. The molecule has 0 unspecified atom stereocenters. The van der Waals surface area contributed by atoms with Crippen molar-refractivity contribution >= 4 is 10.9 Å². The van der Waals surface area contributed by atoms with Gasteiger partial charge < -0.3 is 15.0 Å². The summed E-state index contributed by atoms with van der Waals surface area (Å²) in [6.07, 6.45) is 10.3. The number of aromatic amines is 1.